The van der Waals surface area contributed by atoms with Crippen molar-refractivity contribution >= 4 is 17.2 Å². The van der Waals surface area contributed by atoms with Crippen LogP contribution < -0.4 is 4.74 Å². The number of rotatable bonds is 5. The summed E-state index contributed by atoms with van der Waals surface area (Å²) in [6, 6.07) is 90.6. The van der Waals surface area contributed by atoms with Gasteiger partial charge in [0.25, 0.3) is 0 Å². The summed E-state index contributed by atoms with van der Waals surface area (Å²) in [4.78, 5) is 10.9. The van der Waals surface area contributed by atoms with Crippen LogP contribution in [0.25, 0.3) is 39.1 Å². The van der Waals surface area contributed by atoms with E-state index in [9.17, 15) is 0 Å². The van der Waals surface area contributed by atoms with Gasteiger partial charge in [0, 0.05) is 16.7 Å². The zero-order chi connectivity index (χ0) is 46.9. The standard InChI is InChI=1S/C68H46N2O/c1-3-21-45(22-4-1)47-25-17-28-50(43-47)66-69-61(46-23-5-2-6-24-46)39-20-40-62(70-66)49-27-18-26-48(44-49)51-30-19-38-60-65(51)52-29-7-8-31-53(52)67(60)54-32-9-11-34-56(54)68(57-35-12-10-33-55(57)67)58-36-13-15-41-63(58)71-64-42-16-14-37-59(64)68/h1-19,21-39,41-44H,20,40H2/b61-39-,69-66-,70-62+. The lowest BCUT2D eigenvalue weighted by atomic mass is 9.51. The molecule has 3 nitrogen and oxygen atoms in total. The van der Waals surface area contributed by atoms with Gasteiger partial charge in [-0.2, -0.15) is 0 Å². The summed E-state index contributed by atoms with van der Waals surface area (Å²) in [5.74, 6) is 2.49. The van der Waals surface area contributed by atoms with Gasteiger partial charge < -0.3 is 4.74 Å². The summed E-state index contributed by atoms with van der Waals surface area (Å²) in [6.45, 7) is 0. The molecule has 2 spiro atoms. The van der Waals surface area contributed by atoms with E-state index in [1.54, 1.807) is 0 Å². The lowest BCUT2D eigenvalue weighted by Crippen LogP contribution is -2.45. The van der Waals surface area contributed by atoms with Gasteiger partial charge in [-0.1, -0.05) is 231 Å². The molecule has 0 bridgehead atoms. The zero-order valence-corrected chi connectivity index (χ0v) is 39.0. The summed E-state index contributed by atoms with van der Waals surface area (Å²) in [5.41, 5.74) is 21.1. The molecule has 71 heavy (non-hydrogen) atoms. The largest absolute Gasteiger partial charge is 0.457 e. The molecular formula is C68H46N2O. The number of allylic oxidation sites excluding steroid dienone is 1. The maximum Gasteiger partial charge on any atom is 0.160 e. The summed E-state index contributed by atoms with van der Waals surface area (Å²) in [6.07, 6.45) is 3.85. The van der Waals surface area contributed by atoms with Gasteiger partial charge in [0.15, 0.2) is 5.84 Å². The van der Waals surface area contributed by atoms with Crippen molar-refractivity contribution in [3.05, 3.63) is 316 Å². The van der Waals surface area contributed by atoms with E-state index in [1.165, 1.54) is 50.1 Å². The van der Waals surface area contributed by atoms with Crippen molar-refractivity contribution in [3.8, 4) is 44.9 Å². The van der Waals surface area contributed by atoms with E-state index in [4.69, 9.17) is 14.7 Å². The maximum atomic E-state index is 6.75. The number of fused-ring (bicyclic) bond motifs is 15. The molecule has 0 unspecified atom stereocenters. The topological polar surface area (TPSA) is 34.0 Å². The van der Waals surface area contributed by atoms with Gasteiger partial charge in [-0.3, -0.25) is 0 Å². The molecule has 0 amide bonds. The molecule has 2 heterocycles. The summed E-state index contributed by atoms with van der Waals surface area (Å²) >= 11 is 0. The van der Waals surface area contributed by atoms with Crippen LogP contribution in [-0.4, -0.2) is 11.5 Å². The molecule has 0 saturated heterocycles. The van der Waals surface area contributed by atoms with Gasteiger partial charge in [-0.05, 0) is 115 Å². The van der Waals surface area contributed by atoms with Crippen LogP contribution in [0.15, 0.2) is 265 Å². The number of benzene rings is 10. The van der Waals surface area contributed by atoms with Gasteiger partial charge >= 0.3 is 0 Å². The molecule has 0 fully saturated rings. The van der Waals surface area contributed by atoms with E-state index in [0.29, 0.717) is 5.84 Å². The Kier molecular flexibility index (Phi) is 9.47. The van der Waals surface area contributed by atoms with E-state index in [0.717, 1.165) is 80.3 Å². The second-order valence-corrected chi connectivity index (χ2v) is 19.0. The lowest BCUT2D eigenvalue weighted by Gasteiger charge is -2.51. The third-order valence-electron chi connectivity index (χ3n) is 15.3. The van der Waals surface area contributed by atoms with Crippen molar-refractivity contribution in [2.75, 3.05) is 0 Å². The number of nitrogens with zero attached hydrogens (tertiary/aromatic N) is 2. The molecule has 0 saturated carbocycles. The lowest BCUT2D eigenvalue weighted by molar-refractivity contribution is 0.429. The molecule has 3 heteroatoms. The van der Waals surface area contributed by atoms with Gasteiger partial charge in [-0.25, -0.2) is 9.98 Å². The van der Waals surface area contributed by atoms with E-state index in [1.807, 2.05) is 0 Å². The Balaban J connectivity index is 0.955. The highest BCUT2D eigenvalue weighted by Crippen LogP contribution is 2.67. The number of hydrogen-bond acceptors (Lipinski definition) is 3. The van der Waals surface area contributed by atoms with Gasteiger partial charge in [0.2, 0.25) is 0 Å². The minimum Gasteiger partial charge on any atom is -0.457 e. The third kappa shape index (κ3) is 6.16. The predicted octanol–water partition coefficient (Wildman–Crippen LogP) is 16.3. The third-order valence-corrected chi connectivity index (χ3v) is 15.3. The Bertz CT molecular complexity index is 3760. The summed E-state index contributed by atoms with van der Waals surface area (Å²) in [5, 5.41) is 0. The quantitative estimate of drug-likeness (QED) is 0.169. The van der Waals surface area contributed by atoms with Crippen LogP contribution in [0.2, 0.25) is 0 Å². The first-order chi connectivity index (χ1) is 35.2. The highest BCUT2D eigenvalue weighted by Gasteiger charge is 2.58. The molecule has 4 aliphatic rings. The normalized spacial score (nSPS) is 17.4. The summed E-state index contributed by atoms with van der Waals surface area (Å²) in [7, 11) is 0. The van der Waals surface area contributed by atoms with Crippen LogP contribution >= 0.6 is 0 Å². The molecule has 2 aliphatic carbocycles. The molecular weight excluding hydrogens is 861 g/mol. The van der Waals surface area contributed by atoms with Crippen LogP contribution in [0.5, 0.6) is 11.5 Å². The molecule has 0 N–H and O–H groups in total. The predicted molar refractivity (Wildman–Crippen MR) is 290 cm³/mol. The fraction of sp³-hybridized carbons (Fsp3) is 0.0588. The number of amidine groups is 1. The van der Waals surface area contributed by atoms with Crippen LogP contribution in [0, 0.1) is 0 Å². The highest BCUT2D eigenvalue weighted by atomic mass is 16.5. The van der Waals surface area contributed by atoms with Crippen LogP contribution in [0.4, 0.5) is 0 Å². The van der Waals surface area contributed by atoms with Gasteiger partial charge in [0.1, 0.15) is 11.5 Å². The Morgan fingerprint density at radius 3 is 1.44 bits per heavy atom. The highest BCUT2D eigenvalue weighted by molar-refractivity contribution is 6.14. The Labute approximate surface area is 414 Å². The van der Waals surface area contributed by atoms with E-state index in [2.05, 4.69) is 255 Å². The van der Waals surface area contributed by atoms with Gasteiger partial charge in [0.05, 0.1) is 22.2 Å². The fourth-order valence-corrected chi connectivity index (χ4v) is 12.5. The average molecular weight is 907 g/mol. The molecule has 0 aromatic heterocycles. The fourth-order valence-electron chi connectivity index (χ4n) is 12.5. The Morgan fingerprint density at radius 2 is 0.775 bits per heavy atom. The van der Waals surface area contributed by atoms with E-state index in [-0.39, 0.29) is 0 Å². The second kappa shape index (κ2) is 16.4. The van der Waals surface area contributed by atoms with E-state index < -0.39 is 10.8 Å². The molecule has 0 radical (unpaired) electrons. The van der Waals surface area contributed by atoms with Crippen LogP contribution in [0.1, 0.15) is 74.0 Å². The minimum absolute atomic E-state index is 0.605. The molecule has 334 valence electrons. The maximum absolute atomic E-state index is 6.75. The van der Waals surface area contributed by atoms with Crippen LogP contribution in [-0.2, 0) is 10.8 Å². The average Bonchev–Trinajstić information content (AvgIpc) is 3.75. The number of hydrogen-bond donors (Lipinski definition) is 0. The summed E-state index contributed by atoms with van der Waals surface area (Å²) < 4.78 is 6.75. The zero-order valence-electron chi connectivity index (χ0n) is 39.0. The van der Waals surface area contributed by atoms with Crippen molar-refractivity contribution in [2.45, 2.75) is 23.7 Å². The smallest absolute Gasteiger partial charge is 0.160 e. The first kappa shape index (κ1) is 41.1. The van der Waals surface area contributed by atoms with Gasteiger partial charge in [-0.15, -0.1) is 0 Å². The van der Waals surface area contributed by atoms with Crippen molar-refractivity contribution in [2.24, 2.45) is 9.98 Å². The molecule has 10 aromatic carbocycles. The van der Waals surface area contributed by atoms with Crippen molar-refractivity contribution in [1.82, 2.24) is 0 Å². The molecule has 0 atom stereocenters. The molecule has 2 aliphatic heterocycles. The van der Waals surface area contributed by atoms with Crippen molar-refractivity contribution in [1.29, 1.82) is 0 Å². The second-order valence-electron chi connectivity index (χ2n) is 19.0. The number of aliphatic imine (C=N–C) groups is 2. The monoisotopic (exact) mass is 906 g/mol. The first-order valence-electron chi connectivity index (χ1n) is 24.7. The van der Waals surface area contributed by atoms with E-state index >= 15 is 0 Å². The number of para-hydroxylation sites is 2. The number of ether oxygens (including phenoxy) is 1. The minimum atomic E-state index is -0.617. The Hall–Kier alpha value is -8.92. The molecule has 14 rings (SSSR count). The van der Waals surface area contributed by atoms with Crippen LogP contribution in [0.3, 0.4) is 0 Å². The molecule has 10 aromatic rings. The van der Waals surface area contributed by atoms with Crippen molar-refractivity contribution in [3.63, 3.8) is 0 Å². The Morgan fingerprint density at radius 1 is 0.324 bits per heavy atom. The first-order valence-corrected chi connectivity index (χ1v) is 24.7. The SMILES string of the molecule is C1=C(c2ccccc2)/N=C(c2cccc(-c3ccccc3)c2)\N=C(\c2cccc(-c3cccc4c3-c3ccccc3C43c4ccccc4C4(c5ccccc5Oc5ccccc54)c4ccccc43)c2)CC\1. The van der Waals surface area contributed by atoms with Crippen molar-refractivity contribution < 1.29 is 4.74 Å².